The van der Waals surface area contributed by atoms with Crippen LogP contribution < -0.4 is 10.2 Å². The first-order valence-electron chi connectivity index (χ1n) is 5.19. The minimum atomic E-state index is -0.308. The Labute approximate surface area is 110 Å². The van der Waals surface area contributed by atoms with Gasteiger partial charge in [0.1, 0.15) is 6.73 Å². The highest BCUT2D eigenvalue weighted by Gasteiger charge is 2.19. The lowest BCUT2D eigenvalue weighted by Gasteiger charge is -2.22. The molecular weight excluding hydrogens is 260 g/mol. The normalized spacial score (nSPS) is 19.1. The highest BCUT2D eigenvalue weighted by molar-refractivity contribution is 7.80. The molecular formula is C11H13ClN2O2S. The third-order valence-electron chi connectivity index (χ3n) is 2.40. The van der Waals surface area contributed by atoms with E-state index < -0.39 is 0 Å². The Morgan fingerprint density at radius 2 is 2.24 bits per heavy atom. The molecule has 1 atom stereocenters. The van der Waals surface area contributed by atoms with Crippen LogP contribution in [0.15, 0.2) is 24.3 Å². The van der Waals surface area contributed by atoms with Gasteiger partial charge in [-0.3, -0.25) is 5.32 Å². The van der Waals surface area contributed by atoms with Gasteiger partial charge in [0.15, 0.2) is 0 Å². The van der Waals surface area contributed by atoms with Gasteiger partial charge in [-0.25, -0.2) is 0 Å². The molecule has 6 heteroatoms. The van der Waals surface area contributed by atoms with Crippen LogP contribution in [0.5, 0.6) is 0 Å². The van der Waals surface area contributed by atoms with Crippen LogP contribution in [0.4, 0.5) is 5.69 Å². The van der Waals surface area contributed by atoms with Gasteiger partial charge in [0.25, 0.3) is 5.17 Å². The fraction of sp³-hybridized carbons (Fsp3) is 0.364. The molecule has 0 aliphatic carbocycles. The zero-order chi connectivity index (χ0) is 12.3. The van der Waals surface area contributed by atoms with Gasteiger partial charge in [0.05, 0.1) is 6.54 Å². The molecule has 0 spiro atoms. The van der Waals surface area contributed by atoms with E-state index >= 15 is 0 Å². The summed E-state index contributed by atoms with van der Waals surface area (Å²) in [4.78, 5) is 1.77. The van der Waals surface area contributed by atoms with Gasteiger partial charge in [0.2, 0.25) is 6.29 Å². The second-order valence-corrected chi connectivity index (χ2v) is 4.40. The zero-order valence-electron chi connectivity index (χ0n) is 9.35. The molecule has 1 saturated heterocycles. The Kier molecular flexibility index (Phi) is 4.17. The monoisotopic (exact) mass is 272 g/mol. The van der Waals surface area contributed by atoms with E-state index in [0.29, 0.717) is 23.5 Å². The fourth-order valence-corrected chi connectivity index (χ4v) is 1.76. The largest absolute Gasteiger partial charge is 0.439 e. The van der Waals surface area contributed by atoms with Gasteiger partial charge in [-0.1, -0.05) is 11.6 Å². The lowest BCUT2D eigenvalue weighted by atomic mass is 10.3. The van der Waals surface area contributed by atoms with E-state index in [1.807, 2.05) is 31.3 Å². The summed E-state index contributed by atoms with van der Waals surface area (Å²) in [6.45, 7) is 1.15. The molecule has 0 amide bonds. The molecule has 92 valence electrons. The number of thiocarbonyl (C=S) groups is 1. The number of nitrogens with zero attached hydrogens (tertiary/aromatic N) is 1. The van der Waals surface area contributed by atoms with E-state index in [9.17, 15) is 0 Å². The second kappa shape index (κ2) is 5.64. The third kappa shape index (κ3) is 3.29. The number of benzene rings is 1. The molecule has 0 radical (unpaired) electrons. The first-order valence-corrected chi connectivity index (χ1v) is 5.97. The van der Waals surface area contributed by atoms with Crippen molar-refractivity contribution in [1.82, 2.24) is 5.32 Å². The van der Waals surface area contributed by atoms with Crippen molar-refractivity contribution in [1.29, 1.82) is 0 Å². The standard InChI is InChI=1S/C11H13ClN2O2S/c1-14(9-4-2-8(12)3-5-9)11(17)16-10-6-13-7-15-10/h2-5,10,13H,6-7H2,1H3. The lowest BCUT2D eigenvalue weighted by Crippen LogP contribution is -2.32. The first kappa shape index (κ1) is 12.6. The molecule has 4 nitrogen and oxygen atoms in total. The van der Waals surface area contributed by atoms with Crippen LogP contribution >= 0.6 is 23.8 Å². The summed E-state index contributed by atoms with van der Waals surface area (Å²) < 4.78 is 10.8. The van der Waals surface area contributed by atoms with E-state index in [1.165, 1.54) is 0 Å². The molecule has 1 aromatic carbocycles. The van der Waals surface area contributed by atoms with Gasteiger partial charge in [-0.15, -0.1) is 0 Å². The maximum absolute atomic E-state index is 5.82. The van der Waals surface area contributed by atoms with E-state index in [0.717, 1.165) is 5.69 Å². The topological polar surface area (TPSA) is 33.7 Å². The third-order valence-corrected chi connectivity index (χ3v) is 3.02. The Morgan fingerprint density at radius 1 is 1.53 bits per heavy atom. The van der Waals surface area contributed by atoms with Crippen LogP contribution in [-0.2, 0) is 9.47 Å². The maximum atomic E-state index is 5.82. The summed E-state index contributed by atoms with van der Waals surface area (Å²) in [6, 6.07) is 7.38. The quantitative estimate of drug-likeness (QED) is 0.833. The maximum Gasteiger partial charge on any atom is 0.265 e. The highest BCUT2D eigenvalue weighted by atomic mass is 35.5. The first-order chi connectivity index (χ1) is 8.16. The smallest absolute Gasteiger partial charge is 0.265 e. The average molecular weight is 273 g/mol. The molecule has 1 N–H and O–H groups in total. The Balaban J connectivity index is 1.96. The van der Waals surface area contributed by atoms with E-state index in [2.05, 4.69) is 5.32 Å². The van der Waals surface area contributed by atoms with Crippen LogP contribution in [0, 0.1) is 0 Å². The molecule has 2 rings (SSSR count). The summed E-state index contributed by atoms with van der Waals surface area (Å²) in [5, 5.41) is 4.09. The van der Waals surface area contributed by atoms with Gasteiger partial charge < -0.3 is 14.4 Å². The van der Waals surface area contributed by atoms with Gasteiger partial charge in [-0.05, 0) is 36.5 Å². The van der Waals surface area contributed by atoms with Crippen molar-refractivity contribution in [2.45, 2.75) is 6.29 Å². The summed E-state index contributed by atoms with van der Waals surface area (Å²) in [7, 11) is 1.84. The summed E-state index contributed by atoms with van der Waals surface area (Å²) >= 11 is 11.0. The van der Waals surface area contributed by atoms with Crippen LogP contribution in [0.2, 0.25) is 5.02 Å². The number of ether oxygens (including phenoxy) is 2. The summed E-state index contributed by atoms with van der Waals surface area (Å²) in [5.74, 6) is 0. The SMILES string of the molecule is CN(C(=S)OC1CNCO1)c1ccc(Cl)cc1. The number of hydrogen-bond donors (Lipinski definition) is 1. The number of halogens is 1. The fourth-order valence-electron chi connectivity index (χ4n) is 1.42. The minimum Gasteiger partial charge on any atom is -0.439 e. The van der Waals surface area contributed by atoms with Crippen molar-refractivity contribution in [3.63, 3.8) is 0 Å². The molecule has 1 aliphatic heterocycles. The predicted molar refractivity (Wildman–Crippen MR) is 71.3 cm³/mol. The molecule has 1 aromatic rings. The van der Waals surface area contributed by atoms with Crippen LogP contribution in [0.3, 0.4) is 0 Å². The molecule has 1 fully saturated rings. The highest BCUT2D eigenvalue weighted by Crippen LogP contribution is 2.18. The zero-order valence-corrected chi connectivity index (χ0v) is 10.9. The Hall–Kier alpha value is -0.880. The van der Waals surface area contributed by atoms with Crippen molar-refractivity contribution in [3.05, 3.63) is 29.3 Å². The molecule has 1 heterocycles. The number of anilines is 1. The Morgan fingerprint density at radius 3 is 2.82 bits per heavy atom. The molecule has 0 aromatic heterocycles. The number of nitrogens with one attached hydrogen (secondary N) is 1. The summed E-state index contributed by atoms with van der Waals surface area (Å²) in [6.07, 6.45) is -0.308. The minimum absolute atomic E-state index is 0.308. The van der Waals surface area contributed by atoms with Crippen molar-refractivity contribution in [2.24, 2.45) is 0 Å². The molecule has 17 heavy (non-hydrogen) atoms. The van der Waals surface area contributed by atoms with Crippen molar-refractivity contribution in [3.8, 4) is 0 Å². The summed E-state index contributed by atoms with van der Waals surface area (Å²) in [5.41, 5.74) is 0.922. The van der Waals surface area contributed by atoms with E-state index in [4.69, 9.17) is 33.3 Å². The molecule has 1 aliphatic rings. The second-order valence-electron chi connectivity index (χ2n) is 3.61. The van der Waals surface area contributed by atoms with Crippen LogP contribution in [-0.4, -0.2) is 31.8 Å². The van der Waals surface area contributed by atoms with Crippen molar-refractivity contribution < 1.29 is 9.47 Å². The predicted octanol–water partition coefficient (Wildman–Crippen LogP) is 1.98. The van der Waals surface area contributed by atoms with Crippen molar-refractivity contribution >= 4 is 34.7 Å². The lowest BCUT2D eigenvalue weighted by molar-refractivity contribution is -0.0402. The van der Waals surface area contributed by atoms with Crippen LogP contribution in [0.1, 0.15) is 0 Å². The van der Waals surface area contributed by atoms with Gasteiger partial charge >= 0.3 is 0 Å². The molecule has 0 saturated carbocycles. The van der Waals surface area contributed by atoms with Crippen LogP contribution in [0.25, 0.3) is 0 Å². The van der Waals surface area contributed by atoms with E-state index in [1.54, 1.807) is 4.90 Å². The van der Waals surface area contributed by atoms with Gasteiger partial charge in [-0.2, -0.15) is 0 Å². The number of rotatable bonds is 2. The van der Waals surface area contributed by atoms with Gasteiger partial charge in [0, 0.05) is 17.8 Å². The van der Waals surface area contributed by atoms with Crippen molar-refractivity contribution in [2.75, 3.05) is 25.2 Å². The molecule has 1 unspecified atom stereocenters. The average Bonchev–Trinajstić information content (AvgIpc) is 2.82. The van der Waals surface area contributed by atoms with E-state index in [-0.39, 0.29) is 6.29 Å². The Bertz CT molecular complexity index is 393. The number of hydrogen-bond acceptors (Lipinski definition) is 4. The molecule has 0 bridgehead atoms.